The van der Waals surface area contributed by atoms with Gasteiger partial charge in [0.05, 0.1) is 11.9 Å². The minimum Gasteiger partial charge on any atom is -0.368 e. The highest BCUT2D eigenvalue weighted by molar-refractivity contribution is 5.92. The molecule has 0 spiro atoms. The molecular formula is C19H17N7O. The van der Waals surface area contributed by atoms with Crippen LogP contribution in [0.3, 0.4) is 0 Å². The minimum atomic E-state index is -0.514. The van der Waals surface area contributed by atoms with Gasteiger partial charge >= 0.3 is 0 Å². The van der Waals surface area contributed by atoms with Crippen molar-refractivity contribution < 1.29 is 4.79 Å². The predicted octanol–water partition coefficient (Wildman–Crippen LogP) is 1.96. The van der Waals surface area contributed by atoms with Gasteiger partial charge in [-0.2, -0.15) is 0 Å². The molecule has 4 aromatic rings. The van der Waals surface area contributed by atoms with Gasteiger partial charge in [0.2, 0.25) is 0 Å². The molecule has 0 aromatic carbocycles. The number of hydrogen-bond donors (Lipinski definition) is 2. The maximum absolute atomic E-state index is 11.7. The van der Waals surface area contributed by atoms with Crippen LogP contribution in [-0.2, 0) is 6.42 Å². The average molecular weight is 359 g/mol. The maximum atomic E-state index is 11.7. The van der Waals surface area contributed by atoms with Crippen LogP contribution >= 0.6 is 0 Å². The van der Waals surface area contributed by atoms with Gasteiger partial charge in [-0.05, 0) is 37.6 Å². The Morgan fingerprint density at radius 3 is 2.96 bits per heavy atom. The third-order valence-corrected chi connectivity index (χ3v) is 4.77. The summed E-state index contributed by atoms with van der Waals surface area (Å²) in [6, 6.07) is 9.71. The number of aryl methyl sites for hydroxylation is 1. The largest absolute Gasteiger partial charge is 0.368 e. The van der Waals surface area contributed by atoms with Gasteiger partial charge in [0, 0.05) is 29.6 Å². The SMILES string of the molecule is Cc1cccc(-n2nc3c(c2-c2ccc4ncc(C(N)=O)n4c2)CCN3)n1. The number of nitrogens with two attached hydrogens (primary N) is 1. The minimum absolute atomic E-state index is 0.348. The molecule has 0 aliphatic carbocycles. The van der Waals surface area contributed by atoms with E-state index in [0.29, 0.717) is 11.3 Å². The molecule has 1 amide bonds. The standard InChI is InChI=1S/C19H17N7O/c1-11-3-2-4-16(23-11)26-17(13-7-8-21-19(13)24-26)12-5-6-15-22-9-14(18(20)27)25(15)10-12/h2-6,9-10H,7-8H2,1H3,(H2,20,27)(H,21,24). The lowest BCUT2D eigenvalue weighted by atomic mass is 10.1. The molecule has 0 saturated heterocycles. The third-order valence-electron chi connectivity index (χ3n) is 4.77. The zero-order valence-electron chi connectivity index (χ0n) is 14.7. The monoisotopic (exact) mass is 359 g/mol. The summed E-state index contributed by atoms with van der Waals surface area (Å²) in [7, 11) is 0. The number of pyridine rings is 2. The Kier molecular flexibility index (Phi) is 3.27. The first-order valence-electron chi connectivity index (χ1n) is 8.69. The highest BCUT2D eigenvalue weighted by Crippen LogP contribution is 2.34. The molecule has 27 heavy (non-hydrogen) atoms. The van der Waals surface area contributed by atoms with Gasteiger partial charge in [-0.25, -0.2) is 14.6 Å². The number of hydrogen-bond acceptors (Lipinski definition) is 5. The predicted molar refractivity (Wildman–Crippen MR) is 101 cm³/mol. The summed E-state index contributed by atoms with van der Waals surface area (Å²) in [4.78, 5) is 20.6. The summed E-state index contributed by atoms with van der Waals surface area (Å²) in [5.74, 6) is 1.11. The number of aromatic nitrogens is 5. The van der Waals surface area contributed by atoms with E-state index in [2.05, 4.69) is 15.3 Å². The number of amides is 1. The molecule has 0 fully saturated rings. The van der Waals surface area contributed by atoms with Crippen molar-refractivity contribution in [2.45, 2.75) is 13.3 Å². The lowest BCUT2D eigenvalue weighted by Gasteiger charge is -2.10. The Morgan fingerprint density at radius 2 is 2.15 bits per heavy atom. The zero-order valence-corrected chi connectivity index (χ0v) is 14.7. The fourth-order valence-electron chi connectivity index (χ4n) is 3.55. The summed E-state index contributed by atoms with van der Waals surface area (Å²) in [6.45, 7) is 2.81. The molecule has 3 N–H and O–H groups in total. The van der Waals surface area contributed by atoms with E-state index in [1.165, 1.54) is 6.20 Å². The van der Waals surface area contributed by atoms with Crippen molar-refractivity contribution in [3.05, 3.63) is 59.7 Å². The zero-order chi connectivity index (χ0) is 18.5. The van der Waals surface area contributed by atoms with Crippen LogP contribution in [0.1, 0.15) is 21.7 Å². The van der Waals surface area contributed by atoms with Crippen molar-refractivity contribution in [2.24, 2.45) is 5.73 Å². The van der Waals surface area contributed by atoms with Crippen molar-refractivity contribution in [3.8, 4) is 17.1 Å². The summed E-state index contributed by atoms with van der Waals surface area (Å²) in [5.41, 5.74) is 10.4. The number of carbonyl (C=O) groups is 1. The molecule has 0 atom stereocenters. The number of nitrogens with one attached hydrogen (secondary N) is 1. The molecule has 4 aromatic heterocycles. The van der Waals surface area contributed by atoms with Gasteiger partial charge in [0.25, 0.3) is 5.91 Å². The van der Waals surface area contributed by atoms with E-state index in [1.54, 1.807) is 4.40 Å². The van der Waals surface area contributed by atoms with Crippen LogP contribution < -0.4 is 11.1 Å². The first-order valence-corrected chi connectivity index (χ1v) is 8.69. The van der Waals surface area contributed by atoms with Crippen molar-refractivity contribution >= 4 is 17.4 Å². The molecule has 5 rings (SSSR count). The number of imidazole rings is 1. The van der Waals surface area contributed by atoms with E-state index in [-0.39, 0.29) is 0 Å². The van der Waals surface area contributed by atoms with Gasteiger partial charge in [-0.15, -0.1) is 5.10 Å². The summed E-state index contributed by atoms with van der Waals surface area (Å²) >= 11 is 0. The Morgan fingerprint density at radius 1 is 1.26 bits per heavy atom. The molecule has 1 aliphatic rings. The summed E-state index contributed by atoms with van der Waals surface area (Å²) in [6.07, 6.45) is 4.25. The molecule has 0 saturated carbocycles. The number of anilines is 1. The van der Waals surface area contributed by atoms with Crippen LogP contribution in [0.2, 0.25) is 0 Å². The molecule has 8 nitrogen and oxygen atoms in total. The lowest BCUT2D eigenvalue weighted by Crippen LogP contribution is -2.13. The number of rotatable bonds is 3. The van der Waals surface area contributed by atoms with Gasteiger partial charge < -0.3 is 11.1 Å². The lowest BCUT2D eigenvalue weighted by molar-refractivity contribution is 0.0995. The first kappa shape index (κ1) is 15.6. The second-order valence-corrected chi connectivity index (χ2v) is 6.56. The molecule has 0 bridgehead atoms. The van der Waals surface area contributed by atoms with Crippen molar-refractivity contribution in [2.75, 3.05) is 11.9 Å². The van der Waals surface area contributed by atoms with Gasteiger partial charge in [-0.1, -0.05) is 6.07 Å². The number of nitrogens with zero attached hydrogens (tertiary/aromatic N) is 5. The Hall–Kier alpha value is -3.68. The van der Waals surface area contributed by atoms with Crippen LogP contribution in [0.5, 0.6) is 0 Å². The van der Waals surface area contributed by atoms with Crippen LogP contribution in [0.15, 0.2) is 42.7 Å². The number of primary amides is 1. The molecule has 8 heteroatoms. The first-order chi connectivity index (χ1) is 13.1. The van der Waals surface area contributed by atoms with E-state index in [4.69, 9.17) is 10.8 Å². The van der Waals surface area contributed by atoms with Crippen LogP contribution in [0.4, 0.5) is 5.82 Å². The van der Waals surface area contributed by atoms with E-state index in [9.17, 15) is 4.79 Å². The van der Waals surface area contributed by atoms with Crippen LogP contribution in [-0.4, -0.2) is 36.6 Å². The topological polar surface area (TPSA) is 103 Å². The summed E-state index contributed by atoms with van der Waals surface area (Å²) in [5, 5.41) is 8.05. The van der Waals surface area contributed by atoms with Crippen molar-refractivity contribution in [1.82, 2.24) is 24.1 Å². The fraction of sp³-hybridized carbons (Fsp3) is 0.158. The second-order valence-electron chi connectivity index (χ2n) is 6.56. The molecule has 134 valence electrons. The molecule has 1 aliphatic heterocycles. The number of fused-ring (bicyclic) bond motifs is 2. The van der Waals surface area contributed by atoms with Crippen LogP contribution in [0.25, 0.3) is 22.7 Å². The molecule has 0 radical (unpaired) electrons. The fourth-order valence-corrected chi connectivity index (χ4v) is 3.55. The second kappa shape index (κ2) is 5.66. The van der Waals surface area contributed by atoms with Crippen molar-refractivity contribution in [1.29, 1.82) is 0 Å². The molecule has 5 heterocycles. The number of carbonyl (C=O) groups excluding carboxylic acids is 1. The summed E-state index contributed by atoms with van der Waals surface area (Å²) < 4.78 is 3.57. The normalized spacial score (nSPS) is 12.9. The van der Waals surface area contributed by atoms with E-state index < -0.39 is 5.91 Å². The van der Waals surface area contributed by atoms with Gasteiger partial charge in [-0.3, -0.25) is 9.20 Å². The highest BCUT2D eigenvalue weighted by atomic mass is 16.1. The smallest absolute Gasteiger partial charge is 0.267 e. The van der Waals surface area contributed by atoms with E-state index in [1.807, 2.05) is 48.1 Å². The highest BCUT2D eigenvalue weighted by Gasteiger charge is 2.25. The van der Waals surface area contributed by atoms with E-state index in [0.717, 1.165) is 47.1 Å². The Balaban J connectivity index is 1.76. The average Bonchev–Trinajstić information content (AvgIpc) is 3.34. The molecule has 0 unspecified atom stereocenters. The Labute approximate surface area is 154 Å². The molecular weight excluding hydrogens is 342 g/mol. The Bertz CT molecular complexity index is 1200. The maximum Gasteiger partial charge on any atom is 0.267 e. The van der Waals surface area contributed by atoms with Crippen LogP contribution in [0, 0.1) is 6.92 Å². The quantitative estimate of drug-likeness (QED) is 0.582. The van der Waals surface area contributed by atoms with Crippen molar-refractivity contribution in [3.63, 3.8) is 0 Å². The van der Waals surface area contributed by atoms with E-state index >= 15 is 0 Å². The third kappa shape index (κ3) is 2.37. The van der Waals surface area contributed by atoms with Gasteiger partial charge in [0.1, 0.15) is 11.3 Å². The van der Waals surface area contributed by atoms with Gasteiger partial charge in [0.15, 0.2) is 11.6 Å².